The van der Waals surface area contributed by atoms with E-state index in [-0.39, 0.29) is 5.91 Å². The third-order valence-electron chi connectivity index (χ3n) is 4.98. The normalized spacial score (nSPS) is 10.6. The highest BCUT2D eigenvalue weighted by atomic mass is 32.1. The first-order chi connectivity index (χ1) is 15.6. The van der Waals surface area contributed by atoms with E-state index >= 15 is 0 Å². The molecule has 0 spiro atoms. The molecule has 0 aliphatic carbocycles. The summed E-state index contributed by atoms with van der Waals surface area (Å²) in [6, 6.07) is 25.6. The van der Waals surface area contributed by atoms with Gasteiger partial charge in [0.25, 0.3) is 5.91 Å². The van der Waals surface area contributed by atoms with Gasteiger partial charge in [-0.1, -0.05) is 60.7 Å². The molecule has 0 unspecified atom stereocenters. The molecule has 0 radical (unpaired) electrons. The summed E-state index contributed by atoms with van der Waals surface area (Å²) in [6.45, 7) is 0.994. The molecule has 32 heavy (non-hydrogen) atoms. The highest BCUT2D eigenvalue weighted by molar-refractivity contribution is 7.13. The molecule has 6 heteroatoms. The predicted molar refractivity (Wildman–Crippen MR) is 127 cm³/mol. The lowest BCUT2D eigenvalue weighted by Crippen LogP contribution is -2.26. The Morgan fingerprint density at radius 1 is 0.938 bits per heavy atom. The maximum absolute atomic E-state index is 12.8. The second kappa shape index (κ2) is 10.1. The SMILES string of the molecule is COc1cc(-c2nc(C(=O)N(C)Cc3ccccc3)cs2)ccc1OCc1ccccc1. The van der Waals surface area contributed by atoms with Gasteiger partial charge in [0, 0.05) is 24.5 Å². The fraction of sp³-hybridized carbons (Fsp3) is 0.154. The minimum absolute atomic E-state index is 0.105. The van der Waals surface area contributed by atoms with Crippen molar-refractivity contribution < 1.29 is 14.3 Å². The van der Waals surface area contributed by atoms with E-state index < -0.39 is 0 Å². The smallest absolute Gasteiger partial charge is 0.273 e. The molecule has 162 valence electrons. The fourth-order valence-corrected chi connectivity index (χ4v) is 4.08. The number of carbonyl (C=O) groups is 1. The van der Waals surface area contributed by atoms with Crippen molar-refractivity contribution in [2.75, 3.05) is 14.2 Å². The van der Waals surface area contributed by atoms with E-state index in [0.717, 1.165) is 21.7 Å². The Labute approximate surface area is 191 Å². The topological polar surface area (TPSA) is 51.7 Å². The molecular formula is C26H24N2O3S. The third kappa shape index (κ3) is 5.15. The van der Waals surface area contributed by atoms with Gasteiger partial charge in [-0.15, -0.1) is 11.3 Å². The number of amides is 1. The summed E-state index contributed by atoms with van der Waals surface area (Å²) in [5, 5.41) is 2.56. The lowest BCUT2D eigenvalue weighted by molar-refractivity contribution is 0.0780. The van der Waals surface area contributed by atoms with Crippen LogP contribution >= 0.6 is 11.3 Å². The number of carbonyl (C=O) groups excluding carboxylic acids is 1. The molecule has 1 aromatic heterocycles. The number of ether oxygens (including phenoxy) is 2. The average molecular weight is 445 g/mol. The van der Waals surface area contributed by atoms with Gasteiger partial charge in [-0.3, -0.25) is 4.79 Å². The number of nitrogens with zero attached hydrogens (tertiary/aromatic N) is 2. The lowest BCUT2D eigenvalue weighted by atomic mass is 10.2. The second-order valence-corrected chi connectivity index (χ2v) is 8.18. The summed E-state index contributed by atoms with van der Waals surface area (Å²) in [7, 11) is 3.40. The van der Waals surface area contributed by atoms with Crippen LogP contribution in [0.3, 0.4) is 0 Å². The van der Waals surface area contributed by atoms with Crippen LogP contribution in [0.25, 0.3) is 10.6 Å². The lowest BCUT2D eigenvalue weighted by Gasteiger charge is -2.15. The molecule has 0 atom stereocenters. The molecule has 1 amide bonds. The van der Waals surface area contributed by atoms with Gasteiger partial charge in [-0.2, -0.15) is 0 Å². The number of thiazole rings is 1. The van der Waals surface area contributed by atoms with Gasteiger partial charge in [0.05, 0.1) is 7.11 Å². The number of hydrogen-bond acceptors (Lipinski definition) is 5. The van der Waals surface area contributed by atoms with Gasteiger partial charge < -0.3 is 14.4 Å². The molecule has 1 heterocycles. The quantitative estimate of drug-likeness (QED) is 0.351. The molecule has 3 aromatic carbocycles. The molecule has 4 rings (SSSR count). The molecule has 4 aromatic rings. The van der Waals surface area contributed by atoms with Gasteiger partial charge in [-0.05, 0) is 29.3 Å². The Hall–Kier alpha value is -3.64. The minimum Gasteiger partial charge on any atom is -0.493 e. The monoisotopic (exact) mass is 444 g/mol. The first-order valence-corrected chi connectivity index (χ1v) is 11.1. The Morgan fingerprint density at radius 3 is 2.31 bits per heavy atom. The fourth-order valence-electron chi connectivity index (χ4n) is 3.28. The van der Waals surface area contributed by atoms with E-state index in [1.165, 1.54) is 11.3 Å². The largest absolute Gasteiger partial charge is 0.493 e. The minimum atomic E-state index is -0.105. The van der Waals surface area contributed by atoms with Gasteiger partial charge >= 0.3 is 0 Å². The third-order valence-corrected chi connectivity index (χ3v) is 5.87. The van der Waals surface area contributed by atoms with Crippen molar-refractivity contribution in [3.05, 3.63) is 101 Å². The molecule has 0 aliphatic rings. The van der Waals surface area contributed by atoms with Crippen molar-refractivity contribution in [3.63, 3.8) is 0 Å². The van der Waals surface area contributed by atoms with Crippen LogP contribution in [0, 0.1) is 0 Å². The summed E-state index contributed by atoms with van der Waals surface area (Å²) >= 11 is 1.43. The molecule has 0 bridgehead atoms. The summed E-state index contributed by atoms with van der Waals surface area (Å²) < 4.78 is 11.5. The van der Waals surface area contributed by atoms with E-state index in [9.17, 15) is 4.79 Å². The summed E-state index contributed by atoms with van der Waals surface area (Å²) in [6.07, 6.45) is 0. The van der Waals surface area contributed by atoms with Crippen molar-refractivity contribution in [1.29, 1.82) is 0 Å². The highest BCUT2D eigenvalue weighted by Gasteiger charge is 2.17. The molecule has 0 saturated heterocycles. The molecule has 0 aliphatic heterocycles. The van der Waals surface area contributed by atoms with Gasteiger partial charge in [-0.25, -0.2) is 4.98 Å². The first-order valence-electron chi connectivity index (χ1n) is 10.2. The Kier molecular flexibility index (Phi) is 6.82. The van der Waals surface area contributed by atoms with Crippen LogP contribution in [-0.2, 0) is 13.2 Å². The molecule has 0 fully saturated rings. The van der Waals surface area contributed by atoms with Gasteiger partial charge in [0.1, 0.15) is 17.3 Å². The van der Waals surface area contributed by atoms with E-state index in [1.54, 1.807) is 24.4 Å². The molecule has 5 nitrogen and oxygen atoms in total. The Balaban J connectivity index is 1.46. The summed E-state index contributed by atoms with van der Waals surface area (Å²) in [4.78, 5) is 19.1. The van der Waals surface area contributed by atoms with Crippen LogP contribution in [0.5, 0.6) is 11.5 Å². The maximum atomic E-state index is 12.8. The number of aromatic nitrogens is 1. The molecule has 0 saturated carbocycles. The standard InChI is InChI=1S/C26H24N2O3S/c1-28(16-19-9-5-3-6-10-19)26(29)22-18-32-25(27-22)21-13-14-23(24(15-21)30-2)31-17-20-11-7-4-8-12-20/h3-15,18H,16-17H2,1-2H3. The van der Waals surface area contributed by atoms with Gasteiger partial charge in [0.15, 0.2) is 11.5 Å². The van der Waals surface area contributed by atoms with Crippen LogP contribution in [0.2, 0.25) is 0 Å². The van der Waals surface area contributed by atoms with E-state index in [2.05, 4.69) is 4.98 Å². The van der Waals surface area contributed by atoms with Crippen molar-refractivity contribution in [1.82, 2.24) is 9.88 Å². The van der Waals surface area contributed by atoms with Crippen molar-refractivity contribution in [2.45, 2.75) is 13.2 Å². The highest BCUT2D eigenvalue weighted by Crippen LogP contribution is 2.34. The van der Waals surface area contributed by atoms with Crippen LogP contribution < -0.4 is 9.47 Å². The van der Waals surface area contributed by atoms with Crippen LogP contribution in [0.15, 0.2) is 84.2 Å². The van der Waals surface area contributed by atoms with E-state index in [0.29, 0.717) is 30.3 Å². The Morgan fingerprint density at radius 2 is 1.62 bits per heavy atom. The van der Waals surface area contributed by atoms with Crippen molar-refractivity contribution in [3.8, 4) is 22.1 Å². The van der Waals surface area contributed by atoms with Crippen molar-refractivity contribution >= 4 is 17.2 Å². The Bertz CT molecular complexity index is 1180. The van der Waals surface area contributed by atoms with Crippen LogP contribution in [0.1, 0.15) is 21.6 Å². The van der Waals surface area contributed by atoms with Gasteiger partial charge in [0.2, 0.25) is 0 Å². The zero-order chi connectivity index (χ0) is 22.3. The zero-order valence-corrected chi connectivity index (χ0v) is 18.8. The van der Waals surface area contributed by atoms with Crippen LogP contribution in [-0.4, -0.2) is 29.9 Å². The zero-order valence-electron chi connectivity index (χ0n) is 18.0. The number of hydrogen-bond donors (Lipinski definition) is 0. The van der Waals surface area contributed by atoms with Crippen molar-refractivity contribution in [2.24, 2.45) is 0 Å². The molecular weight excluding hydrogens is 420 g/mol. The molecule has 0 N–H and O–H groups in total. The van der Waals surface area contributed by atoms with Crippen LogP contribution in [0.4, 0.5) is 0 Å². The van der Waals surface area contributed by atoms with E-state index in [1.807, 2.05) is 78.9 Å². The summed E-state index contributed by atoms with van der Waals surface area (Å²) in [5.41, 5.74) is 3.48. The van der Waals surface area contributed by atoms with E-state index in [4.69, 9.17) is 9.47 Å². The second-order valence-electron chi connectivity index (χ2n) is 7.32. The first kappa shape index (κ1) is 21.6. The number of benzene rings is 3. The average Bonchev–Trinajstić information content (AvgIpc) is 3.33. The predicted octanol–water partition coefficient (Wildman–Crippen LogP) is 5.67. The number of methoxy groups -OCH3 is 1. The summed E-state index contributed by atoms with van der Waals surface area (Å²) in [5.74, 6) is 1.18. The maximum Gasteiger partial charge on any atom is 0.273 e. The number of rotatable bonds is 8.